The molecule has 1 heterocycles. The van der Waals surface area contributed by atoms with Gasteiger partial charge in [-0.05, 0) is 25.2 Å². The van der Waals surface area contributed by atoms with Crippen LogP contribution in [-0.4, -0.2) is 12.0 Å². The highest BCUT2D eigenvalue weighted by atomic mass is 35.5. The maximum Gasteiger partial charge on any atom is 0.125 e. The smallest absolute Gasteiger partial charge is 0.125 e. The largest absolute Gasteiger partial charge is 0.488 e. The van der Waals surface area contributed by atoms with E-state index in [4.69, 9.17) is 27.9 Å². The topological polar surface area (TPSA) is 34.1 Å². The van der Waals surface area contributed by atoms with Gasteiger partial charge in [-0.25, -0.2) is 0 Å². The number of nitrogens with zero attached hydrogens (tertiary/aromatic N) is 1. The van der Waals surface area contributed by atoms with E-state index in [-0.39, 0.29) is 0 Å². The molecule has 5 heteroatoms. The van der Waals surface area contributed by atoms with Crippen LogP contribution in [0.3, 0.4) is 0 Å². The molecule has 100 valence electrons. The molecule has 3 nitrogen and oxygen atoms in total. The SMILES string of the molecule is CNCc1c(Cl)cccc1OCc1ccncc1Cl. The van der Waals surface area contributed by atoms with Crippen molar-refractivity contribution in [2.75, 3.05) is 7.05 Å². The lowest BCUT2D eigenvalue weighted by Crippen LogP contribution is -2.08. The van der Waals surface area contributed by atoms with Crippen LogP contribution < -0.4 is 10.1 Å². The fourth-order valence-corrected chi connectivity index (χ4v) is 2.11. The Kier molecular flexibility index (Phi) is 5.02. The minimum atomic E-state index is 0.387. The van der Waals surface area contributed by atoms with Crippen molar-refractivity contribution in [3.8, 4) is 5.75 Å². The van der Waals surface area contributed by atoms with Crippen LogP contribution in [0.15, 0.2) is 36.7 Å². The average Bonchev–Trinajstić information content (AvgIpc) is 2.41. The Hall–Kier alpha value is -1.29. The van der Waals surface area contributed by atoms with Gasteiger partial charge in [0.15, 0.2) is 0 Å². The summed E-state index contributed by atoms with van der Waals surface area (Å²) in [5, 5.41) is 4.36. The van der Waals surface area contributed by atoms with Crippen molar-refractivity contribution in [2.45, 2.75) is 13.2 Å². The predicted octanol–water partition coefficient (Wildman–Crippen LogP) is 3.69. The maximum atomic E-state index is 6.17. The Morgan fingerprint density at radius 3 is 2.79 bits per heavy atom. The lowest BCUT2D eigenvalue weighted by molar-refractivity contribution is 0.302. The van der Waals surface area contributed by atoms with Gasteiger partial charge in [0.25, 0.3) is 0 Å². The number of benzene rings is 1. The molecule has 0 amide bonds. The summed E-state index contributed by atoms with van der Waals surface area (Å²) in [6.45, 7) is 1.04. The summed E-state index contributed by atoms with van der Waals surface area (Å²) in [4.78, 5) is 3.94. The summed E-state index contributed by atoms with van der Waals surface area (Å²) < 4.78 is 5.80. The predicted molar refractivity (Wildman–Crippen MR) is 77.8 cm³/mol. The van der Waals surface area contributed by atoms with Gasteiger partial charge >= 0.3 is 0 Å². The van der Waals surface area contributed by atoms with E-state index in [1.165, 1.54) is 0 Å². The molecule has 2 aromatic rings. The minimum Gasteiger partial charge on any atom is -0.488 e. The van der Waals surface area contributed by atoms with Gasteiger partial charge in [0.1, 0.15) is 12.4 Å². The molecule has 1 aromatic heterocycles. The lowest BCUT2D eigenvalue weighted by Gasteiger charge is -2.13. The third-order valence-corrected chi connectivity index (χ3v) is 3.36. The zero-order valence-electron chi connectivity index (χ0n) is 10.5. The Morgan fingerprint density at radius 1 is 1.21 bits per heavy atom. The highest BCUT2D eigenvalue weighted by Crippen LogP contribution is 2.27. The highest BCUT2D eigenvalue weighted by molar-refractivity contribution is 6.31. The standard InChI is InChI=1S/C14H14Cl2N2O/c1-17-7-11-12(15)3-2-4-14(11)19-9-10-5-6-18-8-13(10)16/h2-6,8,17H,7,9H2,1H3. The highest BCUT2D eigenvalue weighted by Gasteiger charge is 2.08. The first-order valence-electron chi connectivity index (χ1n) is 5.85. The Morgan fingerprint density at radius 2 is 2.05 bits per heavy atom. The van der Waals surface area contributed by atoms with Crippen LogP contribution >= 0.6 is 23.2 Å². The molecule has 1 N–H and O–H groups in total. The molecule has 0 aliphatic carbocycles. The monoisotopic (exact) mass is 296 g/mol. The van der Waals surface area contributed by atoms with E-state index in [1.54, 1.807) is 12.4 Å². The molecule has 0 saturated carbocycles. The van der Waals surface area contributed by atoms with Crippen LogP contribution in [-0.2, 0) is 13.2 Å². The molecule has 0 saturated heterocycles. The van der Waals surface area contributed by atoms with Gasteiger partial charge in [-0.3, -0.25) is 4.98 Å². The van der Waals surface area contributed by atoms with Gasteiger partial charge in [-0.2, -0.15) is 0 Å². The molecule has 0 aliphatic rings. The van der Waals surface area contributed by atoms with Crippen LogP contribution in [0.5, 0.6) is 5.75 Å². The third-order valence-electron chi connectivity index (χ3n) is 2.67. The van der Waals surface area contributed by atoms with E-state index in [0.29, 0.717) is 23.2 Å². The van der Waals surface area contributed by atoms with Crippen LogP contribution in [0.4, 0.5) is 0 Å². The summed E-state index contributed by atoms with van der Waals surface area (Å²) in [6.07, 6.45) is 3.30. The number of rotatable bonds is 5. The number of hydrogen-bond donors (Lipinski definition) is 1. The molecule has 0 atom stereocenters. The molecule has 0 spiro atoms. The molecule has 1 aromatic carbocycles. The van der Waals surface area contributed by atoms with Crippen molar-refractivity contribution in [1.82, 2.24) is 10.3 Å². The molecule has 0 bridgehead atoms. The minimum absolute atomic E-state index is 0.387. The van der Waals surface area contributed by atoms with Gasteiger partial charge in [0.05, 0.1) is 5.02 Å². The summed E-state index contributed by atoms with van der Waals surface area (Å²) in [5.41, 5.74) is 1.84. The van der Waals surface area contributed by atoms with Gasteiger partial charge in [0.2, 0.25) is 0 Å². The second kappa shape index (κ2) is 6.75. The number of pyridine rings is 1. The summed E-state index contributed by atoms with van der Waals surface area (Å²) in [5.74, 6) is 0.759. The second-order valence-electron chi connectivity index (χ2n) is 4.00. The van der Waals surface area contributed by atoms with Crippen LogP contribution in [0.1, 0.15) is 11.1 Å². The first kappa shape index (κ1) is 14.1. The number of nitrogens with one attached hydrogen (secondary N) is 1. The van der Waals surface area contributed by atoms with E-state index in [2.05, 4.69) is 10.3 Å². The molecule has 19 heavy (non-hydrogen) atoms. The molecule has 0 radical (unpaired) electrons. The lowest BCUT2D eigenvalue weighted by atomic mass is 10.2. The molecule has 0 aliphatic heterocycles. The van der Waals surface area contributed by atoms with Crippen molar-refractivity contribution in [2.24, 2.45) is 0 Å². The second-order valence-corrected chi connectivity index (χ2v) is 4.82. The Balaban J connectivity index is 2.16. The fraction of sp³-hybridized carbons (Fsp3) is 0.214. The van der Waals surface area contributed by atoms with Crippen LogP contribution in [0, 0.1) is 0 Å². The summed E-state index contributed by atoms with van der Waals surface area (Å²) >= 11 is 12.2. The van der Waals surface area contributed by atoms with Crippen LogP contribution in [0.2, 0.25) is 10.0 Å². The first-order chi connectivity index (χ1) is 9.22. The zero-order valence-corrected chi connectivity index (χ0v) is 12.0. The van der Waals surface area contributed by atoms with Crippen molar-refractivity contribution >= 4 is 23.2 Å². The van der Waals surface area contributed by atoms with E-state index < -0.39 is 0 Å². The van der Waals surface area contributed by atoms with Gasteiger partial charge in [-0.1, -0.05) is 29.3 Å². The van der Waals surface area contributed by atoms with Gasteiger partial charge in [0, 0.05) is 35.1 Å². The molecular formula is C14H14Cl2N2O. The first-order valence-corrected chi connectivity index (χ1v) is 6.61. The van der Waals surface area contributed by atoms with Crippen LogP contribution in [0.25, 0.3) is 0 Å². The van der Waals surface area contributed by atoms with Crippen molar-refractivity contribution < 1.29 is 4.74 Å². The van der Waals surface area contributed by atoms with E-state index in [1.807, 2.05) is 31.3 Å². The third kappa shape index (κ3) is 3.60. The average molecular weight is 297 g/mol. The van der Waals surface area contributed by atoms with Crippen molar-refractivity contribution in [1.29, 1.82) is 0 Å². The number of halogens is 2. The summed E-state index contributed by atoms with van der Waals surface area (Å²) in [7, 11) is 1.87. The molecule has 2 rings (SSSR count). The van der Waals surface area contributed by atoms with E-state index in [9.17, 15) is 0 Å². The Labute approximate surface area is 122 Å². The maximum absolute atomic E-state index is 6.17. The van der Waals surface area contributed by atoms with Gasteiger partial charge < -0.3 is 10.1 Å². The number of aromatic nitrogens is 1. The normalized spacial score (nSPS) is 10.5. The summed E-state index contributed by atoms with van der Waals surface area (Å²) in [6, 6.07) is 7.45. The van der Waals surface area contributed by atoms with Gasteiger partial charge in [-0.15, -0.1) is 0 Å². The molecular weight excluding hydrogens is 283 g/mol. The number of hydrogen-bond acceptors (Lipinski definition) is 3. The fourth-order valence-electron chi connectivity index (χ4n) is 1.70. The zero-order chi connectivity index (χ0) is 13.7. The molecule has 0 fully saturated rings. The van der Waals surface area contributed by atoms with E-state index in [0.717, 1.165) is 16.9 Å². The van der Waals surface area contributed by atoms with E-state index >= 15 is 0 Å². The quantitative estimate of drug-likeness (QED) is 0.914. The van der Waals surface area contributed by atoms with Crippen molar-refractivity contribution in [3.05, 3.63) is 57.8 Å². The molecule has 0 unspecified atom stereocenters. The number of ether oxygens (including phenoxy) is 1. The Bertz CT molecular complexity index is 561. The van der Waals surface area contributed by atoms with Crippen molar-refractivity contribution in [3.63, 3.8) is 0 Å².